The summed E-state index contributed by atoms with van der Waals surface area (Å²) in [6.07, 6.45) is 0.749. The first-order chi connectivity index (χ1) is 11.1. The van der Waals surface area contributed by atoms with Crippen LogP contribution in [0.2, 0.25) is 0 Å². The number of hydrogen-bond acceptors (Lipinski definition) is 3. The highest BCUT2D eigenvalue weighted by Crippen LogP contribution is 2.12. The minimum atomic E-state index is -0.392. The molecular formula is C18H21FN2O2. The Bertz CT molecular complexity index is 626. The van der Waals surface area contributed by atoms with Crippen molar-refractivity contribution in [3.8, 4) is 5.75 Å². The third kappa shape index (κ3) is 5.29. The molecule has 0 aliphatic rings. The highest BCUT2D eigenvalue weighted by atomic mass is 19.1. The van der Waals surface area contributed by atoms with Crippen molar-refractivity contribution in [2.45, 2.75) is 19.4 Å². The van der Waals surface area contributed by atoms with Crippen molar-refractivity contribution in [2.24, 2.45) is 0 Å². The molecule has 0 bridgehead atoms. The molecule has 2 N–H and O–H groups in total. The molecule has 0 radical (unpaired) electrons. The molecule has 0 saturated heterocycles. The van der Waals surface area contributed by atoms with E-state index >= 15 is 0 Å². The Labute approximate surface area is 135 Å². The van der Waals surface area contributed by atoms with Crippen molar-refractivity contribution >= 4 is 11.6 Å². The predicted octanol–water partition coefficient (Wildman–Crippen LogP) is 2.99. The number of ether oxygens (including phenoxy) is 1. The molecule has 2 rings (SSSR count). The lowest BCUT2D eigenvalue weighted by Crippen LogP contribution is -2.38. The van der Waals surface area contributed by atoms with Crippen molar-refractivity contribution in [1.29, 1.82) is 0 Å². The molecule has 0 spiro atoms. The lowest BCUT2D eigenvalue weighted by molar-refractivity contribution is -0.121. The number of carbonyl (C=O) groups is 1. The molecule has 2 aromatic rings. The summed E-state index contributed by atoms with van der Waals surface area (Å²) < 4.78 is 17.9. The summed E-state index contributed by atoms with van der Waals surface area (Å²) in [4.78, 5) is 12.0. The third-order valence-electron chi connectivity index (χ3n) is 3.49. The summed E-state index contributed by atoms with van der Waals surface area (Å²) in [7, 11) is 1.63. The van der Waals surface area contributed by atoms with E-state index in [4.69, 9.17) is 4.74 Å². The second kappa shape index (κ2) is 8.17. The first-order valence-electron chi connectivity index (χ1n) is 7.51. The van der Waals surface area contributed by atoms with Gasteiger partial charge in [-0.3, -0.25) is 4.79 Å². The predicted molar refractivity (Wildman–Crippen MR) is 89.2 cm³/mol. The Morgan fingerprint density at radius 3 is 2.39 bits per heavy atom. The third-order valence-corrected chi connectivity index (χ3v) is 3.49. The molecule has 122 valence electrons. The SMILES string of the molecule is COc1ccc(CCNC(=O)[C@H](C)Nc2ccc(F)cc2)cc1. The molecule has 1 amide bonds. The van der Waals surface area contributed by atoms with E-state index in [0.717, 1.165) is 17.7 Å². The normalized spacial score (nSPS) is 11.6. The van der Waals surface area contributed by atoms with Gasteiger partial charge in [0.15, 0.2) is 0 Å². The molecule has 23 heavy (non-hydrogen) atoms. The Balaban J connectivity index is 1.75. The number of rotatable bonds is 7. The number of methoxy groups -OCH3 is 1. The molecule has 5 heteroatoms. The standard InChI is InChI=1S/C18H21FN2O2/c1-13(21-16-7-5-15(19)6-8-16)18(22)20-12-11-14-3-9-17(23-2)10-4-14/h3-10,13,21H,11-12H2,1-2H3,(H,20,22)/t13-/m0/s1. The van der Waals surface area contributed by atoms with Gasteiger partial charge in [0.1, 0.15) is 17.6 Å². The number of benzene rings is 2. The number of halogens is 1. The van der Waals surface area contributed by atoms with Gasteiger partial charge < -0.3 is 15.4 Å². The topological polar surface area (TPSA) is 50.4 Å². The second-order valence-corrected chi connectivity index (χ2v) is 5.26. The van der Waals surface area contributed by atoms with Gasteiger partial charge in [0.25, 0.3) is 0 Å². The molecule has 4 nitrogen and oxygen atoms in total. The average molecular weight is 316 g/mol. The van der Waals surface area contributed by atoms with E-state index in [1.165, 1.54) is 12.1 Å². The Morgan fingerprint density at radius 1 is 1.13 bits per heavy atom. The second-order valence-electron chi connectivity index (χ2n) is 5.26. The molecule has 0 aromatic heterocycles. The minimum absolute atomic E-state index is 0.0946. The highest BCUT2D eigenvalue weighted by Gasteiger charge is 2.11. The van der Waals surface area contributed by atoms with Crippen LogP contribution < -0.4 is 15.4 Å². The van der Waals surface area contributed by atoms with Crippen LogP contribution in [0.15, 0.2) is 48.5 Å². The lowest BCUT2D eigenvalue weighted by Gasteiger charge is -2.15. The van der Waals surface area contributed by atoms with Gasteiger partial charge in [-0.2, -0.15) is 0 Å². The van der Waals surface area contributed by atoms with Gasteiger partial charge in [-0.15, -0.1) is 0 Å². The van der Waals surface area contributed by atoms with Crippen LogP contribution in [-0.4, -0.2) is 25.6 Å². The van der Waals surface area contributed by atoms with Gasteiger partial charge in [-0.05, 0) is 55.3 Å². The first kappa shape index (κ1) is 16.8. The number of nitrogens with one attached hydrogen (secondary N) is 2. The Morgan fingerprint density at radius 2 is 1.78 bits per heavy atom. The van der Waals surface area contributed by atoms with Crippen molar-refractivity contribution in [1.82, 2.24) is 5.32 Å². The summed E-state index contributed by atoms with van der Waals surface area (Å²) in [6.45, 7) is 2.33. The zero-order valence-electron chi connectivity index (χ0n) is 13.3. The van der Waals surface area contributed by atoms with Crippen LogP contribution in [0.25, 0.3) is 0 Å². The van der Waals surface area contributed by atoms with Gasteiger partial charge in [0.2, 0.25) is 5.91 Å². The molecule has 1 atom stereocenters. The summed E-state index contributed by atoms with van der Waals surface area (Å²) in [5.74, 6) is 0.421. The summed E-state index contributed by atoms with van der Waals surface area (Å²) in [6, 6.07) is 13.3. The number of hydrogen-bond donors (Lipinski definition) is 2. The zero-order valence-corrected chi connectivity index (χ0v) is 13.3. The molecule has 0 fully saturated rings. The van der Waals surface area contributed by atoms with Crippen molar-refractivity contribution < 1.29 is 13.9 Å². The van der Waals surface area contributed by atoms with Gasteiger partial charge in [-0.25, -0.2) is 4.39 Å². The van der Waals surface area contributed by atoms with E-state index in [1.54, 1.807) is 26.2 Å². The van der Waals surface area contributed by atoms with Crippen LogP contribution in [0, 0.1) is 5.82 Å². The first-order valence-corrected chi connectivity index (χ1v) is 7.51. The molecular weight excluding hydrogens is 295 g/mol. The van der Waals surface area contributed by atoms with E-state index in [-0.39, 0.29) is 11.7 Å². The quantitative estimate of drug-likeness (QED) is 0.825. The lowest BCUT2D eigenvalue weighted by atomic mass is 10.1. The van der Waals surface area contributed by atoms with Crippen LogP contribution in [0.4, 0.5) is 10.1 Å². The Kier molecular flexibility index (Phi) is 5.97. The number of amides is 1. The molecule has 0 aliphatic heterocycles. The Hall–Kier alpha value is -2.56. The fourth-order valence-corrected chi connectivity index (χ4v) is 2.14. The van der Waals surface area contributed by atoms with E-state index in [9.17, 15) is 9.18 Å². The fraction of sp³-hybridized carbons (Fsp3) is 0.278. The molecule has 0 saturated carbocycles. The molecule has 2 aromatic carbocycles. The van der Waals surface area contributed by atoms with Crippen LogP contribution in [-0.2, 0) is 11.2 Å². The van der Waals surface area contributed by atoms with Crippen molar-refractivity contribution in [3.05, 3.63) is 59.9 Å². The van der Waals surface area contributed by atoms with Crippen molar-refractivity contribution in [3.63, 3.8) is 0 Å². The van der Waals surface area contributed by atoms with Gasteiger partial charge in [0, 0.05) is 12.2 Å². The largest absolute Gasteiger partial charge is 0.497 e. The molecule has 0 aliphatic carbocycles. The maximum atomic E-state index is 12.8. The zero-order chi connectivity index (χ0) is 16.7. The average Bonchev–Trinajstić information content (AvgIpc) is 2.57. The summed E-state index contributed by atoms with van der Waals surface area (Å²) in [5, 5.41) is 5.92. The van der Waals surface area contributed by atoms with Gasteiger partial charge >= 0.3 is 0 Å². The molecule has 0 heterocycles. The van der Waals surface area contributed by atoms with E-state index in [1.807, 2.05) is 24.3 Å². The van der Waals surface area contributed by atoms with Crippen LogP contribution >= 0.6 is 0 Å². The number of carbonyl (C=O) groups excluding carboxylic acids is 1. The number of anilines is 1. The van der Waals surface area contributed by atoms with Crippen LogP contribution in [0.5, 0.6) is 5.75 Å². The highest BCUT2D eigenvalue weighted by molar-refractivity contribution is 5.84. The van der Waals surface area contributed by atoms with Crippen LogP contribution in [0.1, 0.15) is 12.5 Å². The fourth-order valence-electron chi connectivity index (χ4n) is 2.14. The molecule has 0 unspecified atom stereocenters. The van der Waals surface area contributed by atoms with E-state index in [0.29, 0.717) is 12.2 Å². The smallest absolute Gasteiger partial charge is 0.242 e. The van der Waals surface area contributed by atoms with Gasteiger partial charge in [-0.1, -0.05) is 12.1 Å². The summed E-state index contributed by atoms with van der Waals surface area (Å²) >= 11 is 0. The minimum Gasteiger partial charge on any atom is -0.497 e. The van der Waals surface area contributed by atoms with E-state index in [2.05, 4.69) is 10.6 Å². The van der Waals surface area contributed by atoms with Crippen molar-refractivity contribution in [2.75, 3.05) is 19.0 Å². The van der Waals surface area contributed by atoms with Gasteiger partial charge in [0.05, 0.1) is 7.11 Å². The summed E-state index contributed by atoms with van der Waals surface area (Å²) in [5.41, 5.74) is 1.84. The van der Waals surface area contributed by atoms with Crippen LogP contribution in [0.3, 0.4) is 0 Å². The maximum Gasteiger partial charge on any atom is 0.242 e. The van der Waals surface area contributed by atoms with E-state index < -0.39 is 6.04 Å². The monoisotopic (exact) mass is 316 g/mol. The maximum absolute atomic E-state index is 12.8.